The van der Waals surface area contributed by atoms with E-state index >= 15 is 0 Å². The van der Waals surface area contributed by atoms with Gasteiger partial charge < -0.3 is 16.2 Å². The number of hydrogen-bond acceptors (Lipinski definition) is 3. The van der Waals surface area contributed by atoms with Gasteiger partial charge in [0.2, 0.25) is 0 Å². The number of rotatable bonds is 1. The molecule has 4 nitrogen and oxygen atoms in total. The highest BCUT2D eigenvalue weighted by atomic mass is 16.3. The Morgan fingerprint density at radius 3 is 2.91 bits per heavy atom. The molecule has 58 valence electrons. The zero-order valence-electron chi connectivity index (χ0n) is 5.74. The maximum Gasteiger partial charge on any atom is 0.268 e. The lowest BCUT2D eigenvalue weighted by Gasteiger charge is -2.01. The van der Waals surface area contributed by atoms with Crippen molar-refractivity contribution >= 4 is 5.91 Å². The third-order valence-corrected chi connectivity index (χ3v) is 1.19. The fraction of sp³-hybridized carbons (Fsp3) is 0. The summed E-state index contributed by atoms with van der Waals surface area (Å²) in [4.78, 5) is 10.6. The summed E-state index contributed by atoms with van der Waals surface area (Å²) in [6.45, 7) is 0. The first-order valence-corrected chi connectivity index (χ1v) is 3.04. The van der Waals surface area contributed by atoms with E-state index in [0.29, 0.717) is 0 Å². The summed E-state index contributed by atoms with van der Waals surface area (Å²) in [6.07, 6.45) is 6.14. The molecule has 4 heteroatoms. The van der Waals surface area contributed by atoms with Crippen molar-refractivity contribution in [2.45, 2.75) is 0 Å². The molecule has 4 N–H and O–H groups in total. The highest BCUT2D eigenvalue weighted by Crippen LogP contribution is 2.02. The van der Waals surface area contributed by atoms with Crippen molar-refractivity contribution in [3.05, 3.63) is 35.9 Å². The van der Waals surface area contributed by atoms with Crippen LogP contribution in [0, 0.1) is 0 Å². The van der Waals surface area contributed by atoms with Gasteiger partial charge in [-0.1, -0.05) is 6.08 Å². The summed E-state index contributed by atoms with van der Waals surface area (Å²) < 4.78 is 0. The van der Waals surface area contributed by atoms with Crippen molar-refractivity contribution in [3.63, 3.8) is 0 Å². The normalized spacial score (nSPS) is 16.0. The molecular weight excluding hydrogens is 144 g/mol. The third kappa shape index (κ3) is 1.61. The molecule has 0 aromatic heterocycles. The summed E-state index contributed by atoms with van der Waals surface area (Å²) in [5, 5.41) is 11.7. The second-order valence-corrected chi connectivity index (χ2v) is 1.99. The summed E-state index contributed by atoms with van der Waals surface area (Å²) in [6, 6.07) is 0. The predicted octanol–water partition coefficient (Wildman–Crippen LogP) is -0.0856. The van der Waals surface area contributed by atoms with E-state index in [0.717, 1.165) is 0 Å². The number of hydrogen-bond donors (Lipinski definition) is 3. The van der Waals surface area contributed by atoms with E-state index < -0.39 is 5.91 Å². The topological polar surface area (TPSA) is 75.4 Å². The Morgan fingerprint density at radius 1 is 1.55 bits per heavy atom. The van der Waals surface area contributed by atoms with Crippen LogP contribution in [0.15, 0.2) is 35.9 Å². The largest absolute Gasteiger partial charge is 0.506 e. The maximum atomic E-state index is 10.6. The van der Waals surface area contributed by atoms with E-state index in [1.165, 1.54) is 12.3 Å². The van der Waals surface area contributed by atoms with E-state index in [-0.39, 0.29) is 11.5 Å². The Bertz CT molecular complexity index is 264. The maximum absolute atomic E-state index is 10.6. The van der Waals surface area contributed by atoms with Crippen LogP contribution in [0.3, 0.4) is 0 Å². The monoisotopic (exact) mass is 152 g/mol. The summed E-state index contributed by atoms with van der Waals surface area (Å²) in [5.41, 5.74) is 4.95. The van der Waals surface area contributed by atoms with E-state index in [1.54, 1.807) is 12.2 Å². The minimum Gasteiger partial charge on any atom is -0.506 e. The van der Waals surface area contributed by atoms with Gasteiger partial charge in [-0.05, 0) is 12.2 Å². The van der Waals surface area contributed by atoms with Gasteiger partial charge in [0, 0.05) is 6.20 Å². The number of carbonyl (C=O) groups is 1. The molecule has 1 amide bonds. The molecule has 1 rings (SSSR count). The Kier molecular flexibility index (Phi) is 1.96. The molecule has 0 aromatic rings. The average Bonchev–Trinajstić information content (AvgIpc) is 2.13. The van der Waals surface area contributed by atoms with Gasteiger partial charge in [-0.2, -0.15) is 0 Å². The highest BCUT2D eigenvalue weighted by molar-refractivity contribution is 5.92. The smallest absolute Gasteiger partial charge is 0.268 e. The van der Waals surface area contributed by atoms with Crippen LogP contribution in [0.4, 0.5) is 0 Å². The lowest BCUT2D eigenvalue weighted by molar-refractivity contribution is -0.115. The summed E-state index contributed by atoms with van der Waals surface area (Å²) >= 11 is 0. The minimum absolute atomic E-state index is 0.00926. The first-order chi connectivity index (χ1) is 5.22. The van der Waals surface area contributed by atoms with Crippen LogP contribution in [0.5, 0.6) is 0 Å². The first-order valence-electron chi connectivity index (χ1n) is 3.04. The van der Waals surface area contributed by atoms with Crippen molar-refractivity contribution < 1.29 is 9.90 Å². The second-order valence-electron chi connectivity index (χ2n) is 1.99. The van der Waals surface area contributed by atoms with Crippen LogP contribution in [0.2, 0.25) is 0 Å². The number of nitrogens with two attached hydrogens (primary N) is 1. The number of allylic oxidation sites excluding steroid dienone is 3. The SMILES string of the molecule is NC(=O)C1=C(O)C=CC=CN1. The van der Waals surface area contributed by atoms with Crippen molar-refractivity contribution in [3.8, 4) is 0 Å². The van der Waals surface area contributed by atoms with Gasteiger partial charge in [0.25, 0.3) is 5.91 Å². The van der Waals surface area contributed by atoms with Gasteiger partial charge >= 0.3 is 0 Å². The fourth-order valence-electron chi connectivity index (χ4n) is 0.688. The fourth-order valence-corrected chi connectivity index (χ4v) is 0.688. The number of carbonyl (C=O) groups excluding carboxylic acids is 1. The molecular formula is C7H8N2O2. The summed E-state index contributed by atoms with van der Waals surface area (Å²) in [5.74, 6) is -0.832. The standard InChI is InChI=1S/C7H8N2O2/c8-7(11)6-5(10)3-1-2-4-9-6/h1-4,9-10H,(H2,8,11). The molecule has 0 bridgehead atoms. The number of primary amides is 1. The molecule has 0 spiro atoms. The third-order valence-electron chi connectivity index (χ3n) is 1.19. The number of aliphatic hydroxyl groups is 1. The van der Waals surface area contributed by atoms with Crippen LogP contribution in [-0.4, -0.2) is 11.0 Å². The molecule has 0 atom stereocenters. The van der Waals surface area contributed by atoms with E-state index in [2.05, 4.69) is 5.32 Å². The molecule has 11 heavy (non-hydrogen) atoms. The first kappa shape index (κ1) is 7.40. The molecule has 1 aliphatic rings. The van der Waals surface area contributed by atoms with Crippen molar-refractivity contribution in [1.29, 1.82) is 0 Å². The zero-order valence-corrected chi connectivity index (χ0v) is 5.74. The molecule has 0 aliphatic carbocycles. The average molecular weight is 152 g/mol. The number of nitrogens with one attached hydrogen (secondary N) is 1. The van der Waals surface area contributed by atoms with E-state index in [4.69, 9.17) is 10.8 Å². The Labute approximate surface area is 63.7 Å². The Morgan fingerprint density at radius 2 is 2.27 bits per heavy atom. The Hall–Kier alpha value is -1.71. The zero-order chi connectivity index (χ0) is 8.27. The molecule has 0 fully saturated rings. The van der Waals surface area contributed by atoms with Gasteiger partial charge in [-0.3, -0.25) is 4.79 Å². The predicted molar refractivity (Wildman–Crippen MR) is 40.3 cm³/mol. The lowest BCUT2D eigenvalue weighted by Crippen LogP contribution is -2.24. The lowest BCUT2D eigenvalue weighted by atomic mass is 10.3. The second kappa shape index (κ2) is 2.92. The van der Waals surface area contributed by atoms with Crippen LogP contribution in [0.25, 0.3) is 0 Å². The van der Waals surface area contributed by atoms with Gasteiger partial charge in [0.1, 0.15) is 11.5 Å². The van der Waals surface area contributed by atoms with Crippen molar-refractivity contribution in [2.75, 3.05) is 0 Å². The molecule has 1 heterocycles. The number of amides is 1. The van der Waals surface area contributed by atoms with Gasteiger partial charge in [0.15, 0.2) is 0 Å². The van der Waals surface area contributed by atoms with Gasteiger partial charge in [-0.15, -0.1) is 0 Å². The van der Waals surface area contributed by atoms with Crippen LogP contribution >= 0.6 is 0 Å². The van der Waals surface area contributed by atoms with Gasteiger partial charge in [0.05, 0.1) is 0 Å². The van der Waals surface area contributed by atoms with Crippen LogP contribution < -0.4 is 11.1 Å². The van der Waals surface area contributed by atoms with Gasteiger partial charge in [-0.25, -0.2) is 0 Å². The molecule has 0 saturated carbocycles. The Balaban J connectivity index is 2.98. The molecule has 0 saturated heterocycles. The van der Waals surface area contributed by atoms with E-state index in [9.17, 15) is 4.79 Å². The molecule has 1 aliphatic heterocycles. The minimum atomic E-state index is -0.682. The van der Waals surface area contributed by atoms with Crippen molar-refractivity contribution in [2.24, 2.45) is 5.73 Å². The summed E-state index contributed by atoms with van der Waals surface area (Å²) in [7, 11) is 0. The molecule has 0 radical (unpaired) electrons. The van der Waals surface area contributed by atoms with Crippen molar-refractivity contribution in [1.82, 2.24) is 5.32 Å². The quantitative estimate of drug-likeness (QED) is 0.491. The number of aliphatic hydroxyl groups excluding tert-OH is 1. The molecule has 0 aromatic carbocycles. The van der Waals surface area contributed by atoms with Crippen LogP contribution in [-0.2, 0) is 4.79 Å². The van der Waals surface area contributed by atoms with Crippen LogP contribution in [0.1, 0.15) is 0 Å². The molecule has 0 unspecified atom stereocenters. The van der Waals surface area contributed by atoms with E-state index in [1.807, 2.05) is 0 Å². The highest BCUT2D eigenvalue weighted by Gasteiger charge is 2.08.